The van der Waals surface area contributed by atoms with Crippen molar-refractivity contribution in [3.63, 3.8) is 0 Å². The van der Waals surface area contributed by atoms with Crippen molar-refractivity contribution < 1.29 is 9.21 Å². The lowest BCUT2D eigenvalue weighted by atomic mass is 9.92. The minimum atomic E-state index is -0.0405. The number of aromatic nitrogens is 3. The van der Waals surface area contributed by atoms with E-state index in [1.807, 2.05) is 30.0 Å². The predicted octanol–water partition coefficient (Wildman–Crippen LogP) is 4.87. The van der Waals surface area contributed by atoms with Crippen molar-refractivity contribution in [2.75, 3.05) is 6.54 Å². The minimum absolute atomic E-state index is 0.00989. The van der Waals surface area contributed by atoms with Gasteiger partial charge in [-0.25, -0.2) is 15.0 Å². The highest BCUT2D eigenvalue weighted by atomic mass is 16.3. The maximum atomic E-state index is 13.8. The lowest BCUT2D eigenvalue weighted by Gasteiger charge is -2.37. The molecule has 0 saturated carbocycles. The summed E-state index contributed by atoms with van der Waals surface area (Å²) in [6.07, 6.45) is 5.09. The topological polar surface area (TPSA) is 95.9 Å². The van der Waals surface area contributed by atoms with Crippen LogP contribution in [0.5, 0.6) is 0 Å². The molecule has 0 unspecified atom stereocenters. The molecule has 7 heteroatoms. The summed E-state index contributed by atoms with van der Waals surface area (Å²) >= 11 is 0. The Morgan fingerprint density at radius 2 is 1.97 bits per heavy atom. The number of rotatable bonds is 3. The smallest absolute Gasteiger partial charge is 0.254 e. The first kappa shape index (κ1) is 20.8. The number of hydrogen-bond donors (Lipinski definition) is 0. The fraction of sp³-hybridized carbons (Fsp3) is 0.269. The second kappa shape index (κ2) is 8.47. The molecule has 1 fully saturated rings. The van der Waals surface area contributed by atoms with Gasteiger partial charge in [-0.1, -0.05) is 17.7 Å². The second-order valence-corrected chi connectivity index (χ2v) is 8.55. The number of likely N-dealkylation sites (tertiary alicyclic amines) is 1. The fourth-order valence-corrected chi connectivity index (χ4v) is 4.40. The molecule has 2 aromatic heterocycles. The molecule has 1 aliphatic heterocycles. The Morgan fingerprint density at radius 3 is 2.76 bits per heavy atom. The molecule has 7 nitrogen and oxygen atoms in total. The molecule has 0 N–H and O–H groups in total. The van der Waals surface area contributed by atoms with E-state index in [2.05, 4.69) is 27.9 Å². The van der Waals surface area contributed by atoms with E-state index in [1.54, 1.807) is 36.7 Å². The van der Waals surface area contributed by atoms with Gasteiger partial charge >= 0.3 is 0 Å². The van der Waals surface area contributed by atoms with Gasteiger partial charge in [-0.2, -0.15) is 5.26 Å². The van der Waals surface area contributed by atoms with Crippen molar-refractivity contribution in [3.05, 3.63) is 77.4 Å². The monoisotopic (exact) mass is 437 g/mol. The standard InChI is InChI=1S/C26H23N5O2/c1-16-4-8-20(24-28-10-3-11-29-24)21(12-16)26(32)31-15-19(7-5-17(31)2)25-30-22-13-18(14-27)6-9-23(22)33-25/h3-4,6,8-13,17,19H,5,7,15H2,1-2H3/t17-,19-/m1/s1. The molecule has 0 bridgehead atoms. The summed E-state index contributed by atoms with van der Waals surface area (Å²) in [6, 6.07) is 15.0. The molecular weight excluding hydrogens is 414 g/mol. The molecule has 0 aliphatic carbocycles. The zero-order chi connectivity index (χ0) is 22.9. The number of carbonyl (C=O) groups excluding carboxylic acids is 1. The summed E-state index contributed by atoms with van der Waals surface area (Å²) < 4.78 is 6.01. The van der Waals surface area contributed by atoms with E-state index < -0.39 is 0 Å². The molecule has 1 aliphatic rings. The molecule has 1 amide bonds. The average Bonchev–Trinajstić information content (AvgIpc) is 3.27. The zero-order valence-electron chi connectivity index (χ0n) is 18.5. The van der Waals surface area contributed by atoms with E-state index in [4.69, 9.17) is 9.68 Å². The van der Waals surface area contributed by atoms with Crippen LogP contribution in [0.2, 0.25) is 0 Å². The Bertz CT molecular complexity index is 1370. The highest BCUT2D eigenvalue weighted by Gasteiger charge is 2.34. The number of carbonyl (C=O) groups is 1. The number of aryl methyl sites for hydroxylation is 1. The van der Waals surface area contributed by atoms with Crippen LogP contribution in [0, 0.1) is 18.3 Å². The summed E-state index contributed by atoms with van der Waals surface area (Å²) in [5.74, 6) is 1.10. The van der Waals surface area contributed by atoms with Crippen molar-refractivity contribution in [2.24, 2.45) is 0 Å². The number of piperidine rings is 1. The maximum absolute atomic E-state index is 13.8. The quantitative estimate of drug-likeness (QED) is 0.454. The summed E-state index contributed by atoms with van der Waals surface area (Å²) in [6.45, 7) is 4.57. The van der Waals surface area contributed by atoms with Gasteiger partial charge in [0, 0.05) is 30.5 Å². The number of nitriles is 1. The Balaban J connectivity index is 1.47. The molecular formula is C26H23N5O2. The molecule has 2 atom stereocenters. The summed E-state index contributed by atoms with van der Waals surface area (Å²) in [5, 5.41) is 9.15. The van der Waals surface area contributed by atoms with Crippen LogP contribution in [-0.4, -0.2) is 38.3 Å². The molecule has 33 heavy (non-hydrogen) atoms. The maximum Gasteiger partial charge on any atom is 0.254 e. The summed E-state index contributed by atoms with van der Waals surface area (Å²) in [7, 11) is 0. The molecule has 5 rings (SSSR count). The Kier molecular flexibility index (Phi) is 5.35. The fourth-order valence-electron chi connectivity index (χ4n) is 4.40. The van der Waals surface area contributed by atoms with E-state index in [1.165, 1.54) is 0 Å². The largest absolute Gasteiger partial charge is 0.440 e. The van der Waals surface area contributed by atoms with E-state index in [0.717, 1.165) is 24.0 Å². The lowest BCUT2D eigenvalue weighted by Crippen LogP contribution is -2.45. The predicted molar refractivity (Wildman–Crippen MR) is 123 cm³/mol. The van der Waals surface area contributed by atoms with E-state index in [-0.39, 0.29) is 17.9 Å². The van der Waals surface area contributed by atoms with Crippen molar-refractivity contribution in [1.82, 2.24) is 19.9 Å². The first-order valence-electron chi connectivity index (χ1n) is 11.0. The summed E-state index contributed by atoms with van der Waals surface area (Å²) in [4.78, 5) is 29.0. The molecule has 0 radical (unpaired) electrons. The van der Waals surface area contributed by atoms with E-state index in [0.29, 0.717) is 40.5 Å². The van der Waals surface area contributed by atoms with Crippen LogP contribution in [0.4, 0.5) is 0 Å². The van der Waals surface area contributed by atoms with Gasteiger partial charge in [0.15, 0.2) is 17.3 Å². The normalized spacial score (nSPS) is 18.3. The van der Waals surface area contributed by atoms with Crippen LogP contribution >= 0.6 is 0 Å². The zero-order valence-corrected chi connectivity index (χ0v) is 18.5. The highest BCUT2D eigenvalue weighted by Crippen LogP contribution is 2.33. The van der Waals surface area contributed by atoms with Gasteiger partial charge in [-0.3, -0.25) is 4.79 Å². The molecule has 4 aromatic rings. The van der Waals surface area contributed by atoms with Gasteiger partial charge in [0.2, 0.25) is 0 Å². The average molecular weight is 438 g/mol. The number of hydrogen-bond acceptors (Lipinski definition) is 6. The van der Waals surface area contributed by atoms with Gasteiger partial charge in [0.1, 0.15) is 5.52 Å². The van der Waals surface area contributed by atoms with E-state index in [9.17, 15) is 4.79 Å². The van der Waals surface area contributed by atoms with Crippen LogP contribution in [0.3, 0.4) is 0 Å². The summed E-state index contributed by atoms with van der Waals surface area (Å²) in [5.41, 5.74) is 4.21. The van der Waals surface area contributed by atoms with Crippen LogP contribution < -0.4 is 0 Å². The van der Waals surface area contributed by atoms with Gasteiger partial charge in [-0.05, 0) is 57.0 Å². The minimum Gasteiger partial charge on any atom is -0.440 e. The van der Waals surface area contributed by atoms with Crippen molar-refractivity contribution in [3.8, 4) is 17.5 Å². The molecule has 1 saturated heterocycles. The Hall–Kier alpha value is -4.05. The number of amides is 1. The van der Waals surface area contributed by atoms with Crippen molar-refractivity contribution >= 4 is 17.0 Å². The third-order valence-electron chi connectivity index (χ3n) is 6.24. The van der Waals surface area contributed by atoms with Crippen LogP contribution in [0.25, 0.3) is 22.5 Å². The third kappa shape index (κ3) is 3.96. The van der Waals surface area contributed by atoms with Crippen molar-refractivity contribution in [2.45, 2.75) is 38.6 Å². The van der Waals surface area contributed by atoms with Crippen LogP contribution in [-0.2, 0) is 0 Å². The van der Waals surface area contributed by atoms with Gasteiger partial charge in [-0.15, -0.1) is 0 Å². The van der Waals surface area contributed by atoms with Crippen LogP contribution in [0.1, 0.15) is 53.1 Å². The molecule has 0 spiro atoms. The first-order valence-corrected chi connectivity index (χ1v) is 11.0. The molecule has 164 valence electrons. The highest BCUT2D eigenvalue weighted by molar-refractivity contribution is 6.00. The number of fused-ring (bicyclic) bond motifs is 1. The Labute approximate surface area is 191 Å². The van der Waals surface area contributed by atoms with E-state index >= 15 is 0 Å². The van der Waals surface area contributed by atoms with Gasteiger partial charge in [0.05, 0.1) is 23.1 Å². The first-order chi connectivity index (χ1) is 16.0. The second-order valence-electron chi connectivity index (χ2n) is 8.55. The SMILES string of the molecule is Cc1ccc(-c2ncccn2)c(C(=O)N2C[C@H](c3nc4cc(C#N)ccc4o3)CC[C@H]2C)c1. The molecule has 3 heterocycles. The number of oxazole rings is 1. The Morgan fingerprint density at radius 1 is 1.15 bits per heavy atom. The lowest BCUT2D eigenvalue weighted by molar-refractivity contribution is 0.0598. The van der Waals surface area contributed by atoms with Crippen LogP contribution in [0.15, 0.2) is 59.3 Å². The van der Waals surface area contributed by atoms with Gasteiger partial charge in [0.25, 0.3) is 5.91 Å². The van der Waals surface area contributed by atoms with Gasteiger partial charge < -0.3 is 9.32 Å². The molecule has 2 aromatic carbocycles. The van der Waals surface area contributed by atoms with Crippen molar-refractivity contribution in [1.29, 1.82) is 5.26 Å². The number of benzene rings is 2. The number of nitrogens with zero attached hydrogens (tertiary/aromatic N) is 5. The third-order valence-corrected chi connectivity index (χ3v) is 6.24.